The lowest BCUT2D eigenvalue weighted by Crippen LogP contribution is -2.48. The van der Waals surface area contributed by atoms with Crippen molar-refractivity contribution in [1.29, 1.82) is 0 Å². The molecule has 1 heterocycles. The molecule has 1 saturated heterocycles. The number of piperazine rings is 1. The normalized spacial score (nSPS) is 13.4. The van der Waals surface area contributed by atoms with E-state index in [9.17, 15) is 9.59 Å². The highest BCUT2D eigenvalue weighted by molar-refractivity contribution is 6.04. The van der Waals surface area contributed by atoms with Gasteiger partial charge in [-0.05, 0) is 54.4 Å². The van der Waals surface area contributed by atoms with Crippen molar-refractivity contribution >= 4 is 23.2 Å². The Morgan fingerprint density at radius 2 is 1.62 bits per heavy atom. The molecule has 176 valence electrons. The number of ether oxygens (including phenoxy) is 1. The van der Waals surface area contributed by atoms with Crippen LogP contribution in [0.25, 0.3) is 0 Å². The number of amides is 2. The Labute approximate surface area is 201 Å². The largest absolute Gasteiger partial charge is 0.489 e. The van der Waals surface area contributed by atoms with E-state index >= 15 is 0 Å². The number of carbonyl (C=O) groups excluding carboxylic acids is 2. The number of rotatable bonds is 8. The van der Waals surface area contributed by atoms with E-state index in [0.29, 0.717) is 24.3 Å². The van der Waals surface area contributed by atoms with Crippen LogP contribution in [0.15, 0.2) is 78.9 Å². The van der Waals surface area contributed by atoms with E-state index < -0.39 is 0 Å². The lowest BCUT2D eigenvalue weighted by Gasteiger charge is -2.36. The van der Waals surface area contributed by atoms with Crippen molar-refractivity contribution in [2.24, 2.45) is 0 Å². The minimum atomic E-state index is -0.180. The van der Waals surface area contributed by atoms with Gasteiger partial charge in [-0.15, -0.1) is 0 Å². The van der Waals surface area contributed by atoms with E-state index in [0.717, 1.165) is 49.5 Å². The Bertz CT molecular complexity index is 1090. The van der Waals surface area contributed by atoms with E-state index in [2.05, 4.69) is 10.2 Å². The molecule has 0 radical (unpaired) electrons. The quantitative estimate of drug-likeness (QED) is 0.519. The van der Waals surface area contributed by atoms with Crippen LogP contribution in [0.5, 0.6) is 5.75 Å². The molecule has 0 aliphatic carbocycles. The van der Waals surface area contributed by atoms with Gasteiger partial charge in [-0.1, -0.05) is 43.3 Å². The van der Waals surface area contributed by atoms with Crippen LogP contribution < -0.4 is 15.0 Å². The van der Waals surface area contributed by atoms with Crippen molar-refractivity contribution in [2.75, 3.05) is 36.4 Å². The molecule has 1 N–H and O–H groups in total. The van der Waals surface area contributed by atoms with Crippen LogP contribution in [0.4, 0.5) is 11.4 Å². The van der Waals surface area contributed by atoms with E-state index in [-0.39, 0.29) is 11.8 Å². The van der Waals surface area contributed by atoms with Crippen molar-refractivity contribution in [3.63, 3.8) is 0 Å². The summed E-state index contributed by atoms with van der Waals surface area (Å²) >= 11 is 0. The third-order valence-electron chi connectivity index (χ3n) is 5.93. The van der Waals surface area contributed by atoms with Crippen molar-refractivity contribution in [3.8, 4) is 5.75 Å². The topological polar surface area (TPSA) is 61.9 Å². The van der Waals surface area contributed by atoms with Gasteiger partial charge in [0.1, 0.15) is 12.4 Å². The third-order valence-corrected chi connectivity index (χ3v) is 5.93. The minimum Gasteiger partial charge on any atom is -0.489 e. The number of nitrogens with zero attached hydrogens (tertiary/aromatic N) is 2. The maximum atomic E-state index is 12.8. The summed E-state index contributed by atoms with van der Waals surface area (Å²) < 4.78 is 5.84. The second kappa shape index (κ2) is 11.4. The average molecular weight is 458 g/mol. The van der Waals surface area contributed by atoms with Gasteiger partial charge in [0.25, 0.3) is 5.91 Å². The molecule has 0 unspecified atom stereocenters. The maximum Gasteiger partial charge on any atom is 0.255 e. The molecule has 0 atom stereocenters. The first kappa shape index (κ1) is 23.4. The Balaban J connectivity index is 1.30. The van der Waals surface area contributed by atoms with Crippen molar-refractivity contribution in [1.82, 2.24) is 4.90 Å². The van der Waals surface area contributed by atoms with Crippen molar-refractivity contribution in [3.05, 3.63) is 90.0 Å². The number of anilines is 2. The number of carbonyl (C=O) groups is 2. The molecule has 0 saturated carbocycles. The fraction of sp³-hybridized carbons (Fsp3) is 0.286. The zero-order valence-corrected chi connectivity index (χ0v) is 19.6. The molecule has 34 heavy (non-hydrogen) atoms. The molecule has 0 bridgehead atoms. The molecule has 0 aromatic heterocycles. The fourth-order valence-electron chi connectivity index (χ4n) is 4.01. The van der Waals surface area contributed by atoms with Gasteiger partial charge >= 0.3 is 0 Å². The molecule has 3 aromatic carbocycles. The second-order valence-electron chi connectivity index (χ2n) is 8.42. The molecular formula is C28H31N3O3. The maximum absolute atomic E-state index is 12.8. The van der Waals surface area contributed by atoms with E-state index in [1.807, 2.05) is 78.6 Å². The van der Waals surface area contributed by atoms with Gasteiger partial charge in [0.2, 0.25) is 5.91 Å². The Hall–Kier alpha value is -3.80. The number of hydrogen-bond acceptors (Lipinski definition) is 4. The Kier molecular flexibility index (Phi) is 7.81. The lowest BCUT2D eigenvalue weighted by atomic mass is 10.2. The van der Waals surface area contributed by atoms with E-state index in [4.69, 9.17) is 4.74 Å². The first-order chi connectivity index (χ1) is 16.6. The van der Waals surface area contributed by atoms with Crippen LogP contribution in [0.1, 0.15) is 35.7 Å². The summed E-state index contributed by atoms with van der Waals surface area (Å²) in [4.78, 5) is 29.1. The first-order valence-corrected chi connectivity index (χ1v) is 11.8. The Morgan fingerprint density at radius 1 is 0.882 bits per heavy atom. The highest BCUT2D eigenvalue weighted by Crippen LogP contribution is 2.21. The lowest BCUT2D eigenvalue weighted by molar-refractivity contribution is -0.131. The number of nitrogens with one attached hydrogen (secondary N) is 1. The summed E-state index contributed by atoms with van der Waals surface area (Å²) in [5, 5.41) is 2.96. The number of hydrogen-bond donors (Lipinski definition) is 1. The van der Waals surface area contributed by atoms with E-state index in [1.165, 1.54) is 0 Å². The molecule has 6 nitrogen and oxygen atoms in total. The molecule has 2 amide bonds. The van der Waals surface area contributed by atoms with Crippen LogP contribution in [0.3, 0.4) is 0 Å². The number of benzene rings is 3. The molecule has 6 heteroatoms. The zero-order chi connectivity index (χ0) is 23.8. The van der Waals surface area contributed by atoms with Crippen LogP contribution in [0.2, 0.25) is 0 Å². The Morgan fingerprint density at radius 3 is 2.32 bits per heavy atom. The van der Waals surface area contributed by atoms with Gasteiger partial charge in [-0.25, -0.2) is 0 Å². The van der Waals surface area contributed by atoms with E-state index in [1.54, 1.807) is 12.1 Å². The molecule has 1 aliphatic heterocycles. The SMILES string of the molecule is CCCC(=O)N1CCN(c2ccc(NC(=O)c3cccc(OCc4ccccc4)c3)cc2)CC1. The summed E-state index contributed by atoms with van der Waals surface area (Å²) in [6, 6.07) is 25.0. The summed E-state index contributed by atoms with van der Waals surface area (Å²) in [6.07, 6.45) is 1.51. The second-order valence-corrected chi connectivity index (χ2v) is 8.42. The predicted molar refractivity (Wildman–Crippen MR) is 135 cm³/mol. The molecule has 3 aromatic rings. The van der Waals surface area contributed by atoms with Gasteiger partial charge in [0, 0.05) is 49.5 Å². The highest BCUT2D eigenvalue weighted by atomic mass is 16.5. The van der Waals surface area contributed by atoms with Gasteiger partial charge in [0.15, 0.2) is 0 Å². The molecular weight excluding hydrogens is 426 g/mol. The minimum absolute atomic E-state index is 0.180. The van der Waals surface area contributed by atoms with Crippen LogP contribution in [0, 0.1) is 0 Å². The van der Waals surface area contributed by atoms with Gasteiger partial charge in [-0.2, -0.15) is 0 Å². The van der Waals surface area contributed by atoms with Crippen LogP contribution in [-0.4, -0.2) is 42.9 Å². The molecule has 1 fully saturated rings. The van der Waals surface area contributed by atoms with Gasteiger partial charge in [0.05, 0.1) is 0 Å². The van der Waals surface area contributed by atoms with Gasteiger partial charge in [-0.3, -0.25) is 9.59 Å². The first-order valence-electron chi connectivity index (χ1n) is 11.8. The predicted octanol–water partition coefficient (Wildman–Crippen LogP) is 4.97. The zero-order valence-electron chi connectivity index (χ0n) is 19.6. The molecule has 1 aliphatic rings. The average Bonchev–Trinajstić information content (AvgIpc) is 2.89. The van der Waals surface area contributed by atoms with Crippen molar-refractivity contribution < 1.29 is 14.3 Å². The summed E-state index contributed by atoms with van der Waals surface area (Å²) in [7, 11) is 0. The monoisotopic (exact) mass is 457 g/mol. The fourth-order valence-corrected chi connectivity index (χ4v) is 4.01. The van der Waals surface area contributed by atoms with Crippen LogP contribution >= 0.6 is 0 Å². The summed E-state index contributed by atoms with van der Waals surface area (Å²) in [5.41, 5.74) is 3.45. The summed E-state index contributed by atoms with van der Waals surface area (Å²) in [6.45, 7) is 5.62. The standard InChI is InChI=1S/C28H31N3O3/c1-2-7-27(32)31-18-16-30(17-19-31)25-14-12-24(13-15-25)29-28(33)23-10-6-11-26(20-23)34-21-22-8-4-3-5-9-22/h3-6,8-15,20H,2,7,16-19,21H2,1H3,(H,29,33). The highest BCUT2D eigenvalue weighted by Gasteiger charge is 2.20. The smallest absolute Gasteiger partial charge is 0.255 e. The summed E-state index contributed by atoms with van der Waals surface area (Å²) in [5.74, 6) is 0.721. The molecule has 0 spiro atoms. The van der Waals surface area contributed by atoms with Crippen molar-refractivity contribution in [2.45, 2.75) is 26.4 Å². The van der Waals surface area contributed by atoms with Crippen LogP contribution in [-0.2, 0) is 11.4 Å². The molecule has 4 rings (SSSR count). The third kappa shape index (κ3) is 6.16. The van der Waals surface area contributed by atoms with Gasteiger partial charge < -0.3 is 19.9 Å².